The van der Waals surface area contributed by atoms with Crippen LogP contribution in [0.15, 0.2) is 36.4 Å². The lowest BCUT2D eigenvalue weighted by atomic mass is 10.1. The van der Waals surface area contributed by atoms with Crippen LogP contribution < -0.4 is 5.32 Å². The number of anilines is 2. The lowest BCUT2D eigenvalue weighted by molar-refractivity contribution is -0.385. The normalized spacial score (nSPS) is 10.2. The van der Waals surface area contributed by atoms with Gasteiger partial charge in [-0.05, 0) is 40.8 Å². The Morgan fingerprint density at radius 2 is 1.95 bits per heavy atom. The second-order valence-corrected chi connectivity index (χ2v) is 5.18. The summed E-state index contributed by atoms with van der Waals surface area (Å²) in [6, 6.07) is 8.50. The van der Waals surface area contributed by atoms with Crippen LogP contribution in [0, 0.1) is 19.5 Å². The van der Waals surface area contributed by atoms with Gasteiger partial charge in [0, 0.05) is 3.57 Å². The number of aromatic carboxylic acids is 1. The predicted molar refractivity (Wildman–Crippen MR) is 82.5 cm³/mol. The summed E-state index contributed by atoms with van der Waals surface area (Å²) in [5.41, 5.74) is -0.924. The maximum absolute atomic E-state index is 13.9. The number of hydrogen-bond donors (Lipinski definition) is 2. The summed E-state index contributed by atoms with van der Waals surface area (Å²) in [5, 5.41) is 22.5. The van der Waals surface area contributed by atoms with Crippen molar-refractivity contribution in [3.8, 4) is 0 Å². The highest BCUT2D eigenvalue weighted by molar-refractivity contribution is 14.1. The minimum atomic E-state index is -1.49. The van der Waals surface area contributed by atoms with Gasteiger partial charge in [0.05, 0.1) is 22.4 Å². The number of nitro groups is 1. The molecule has 0 saturated carbocycles. The number of hydrogen-bond acceptors (Lipinski definition) is 4. The summed E-state index contributed by atoms with van der Waals surface area (Å²) in [6.45, 7) is 0. The van der Waals surface area contributed by atoms with Gasteiger partial charge in [0.15, 0.2) is 5.82 Å². The van der Waals surface area contributed by atoms with E-state index in [1.165, 1.54) is 0 Å². The number of nitro benzene ring substituents is 1. The molecule has 0 aliphatic heterocycles. The molecule has 0 heterocycles. The third-order valence-electron chi connectivity index (χ3n) is 2.66. The van der Waals surface area contributed by atoms with Crippen LogP contribution in [0.25, 0.3) is 0 Å². The number of rotatable bonds is 4. The molecule has 108 valence electrons. The van der Waals surface area contributed by atoms with Gasteiger partial charge < -0.3 is 10.4 Å². The Kier molecular flexibility index (Phi) is 4.36. The molecule has 0 aliphatic carbocycles. The maximum atomic E-state index is 13.9. The molecule has 2 aromatic carbocycles. The fourth-order valence-electron chi connectivity index (χ4n) is 1.69. The molecule has 21 heavy (non-hydrogen) atoms. The molecule has 0 aliphatic rings. The van der Waals surface area contributed by atoms with E-state index in [-0.39, 0.29) is 5.69 Å². The van der Waals surface area contributed by atoms with Crippen LogP contribution in [-0.2, 0) is 0 Å². The Labute approximate surface area is 131 Å². The van der Waals surface area contributed by atoms with Crippen LogP contribution in [0.1, 0.15) is 10.4 Å². The fourth-order valence-corrected chi connectivity index (χ4v) is 2.21. The highest BCUT2D eigenvalue weighted by Crippen LogP contribution is 2.29. The molecule has 0 radical (unpaired) electrons. The monoisotopic (exact) mass is 402 g/mol. The van der Waals surface area contributed by atoms with Gasteiger partial charge in [-0.15, -0.1) is 0 Å². The van der Waals surface area contributed by atoms with Crippen LogP contribution in [-0.4, -0.2) is 16.0 Å². The third-order valence-corrected chi connectivity index (χ3v) is 3.60. The van der Waals surface area contributed by atoms with Gasteiger partial charge in [-0.25, -0.2) is 9.18 Å². The molecule has 2 aromatic rings. The van der Waals surface area contributed by atoms with E-state index in [0.29, 0.717) is 11.8 Å². The number of halogens is 2. The first-order valence-corrected chi connectivity index (χ1v) is 6.71. The molecule has 2 N–H and O–H groups in total. The van der Waals surface area contributed by atoms with Crippen LogP contribution in [0.5, 0.6) is 0 Å². The number of carbonyl (C=O) groups is 1. The number of nitrogens with one attached hydrogen (secondary N) is 1. The van der Waals surface area contributed by atoms with Crippen LogP contribution in [0.2, 0.25) is 0 Å². The van der Waals surface area contributed by atoms with Gasteiger partial charge >= 0.3 is 5.97 Å². The topological polar surface area (TPSA) is 92.5 Å². The van der Waals surface area contributed by atoms with E-state index in [4.69, 9.17) is 5.11 Å². The van der Waals surface area contributed by atoms with Crippen molar-refractivity contribution in [2.45, 2.75) is 0 Å². The summed E-state index contributed by atoms with van der Waals surface area (Å²) >= 11 is 2.03. The van der Waals surface area contributed by atoms with Gasteiger partial charge in [0.25, 0.3) is 5.69 Å². The van der Waals surface area contributed by atoms with Crippen LogP contribution >= 0.6 is 22.6 Å². The smallest absolute Gasteiger partial charge is 0.342 e. The standard InChI is InChI=1S/C13H8FIN2O4/c14-8-6-12(17(20)21)7(13(18)19)5-11(8)16-10-4-2-1-3-9(10)15/h1-6,16H,(H,18,19). The van der Waals surface area contributed by atoms with Crippen molar-refractivity contribution in [2.24, 2.45) is 0 Å². The summed E-state index contributed by atoms with van der Waals surface area (Å²) in [7, 11) is 0. The van der Waals surface area contributed by atoms with E-state index in [1.54, 1.807) is 24.3 Å². The first kappa shape index (κ1) is 15.2. The molecule has 8 heteroatoms. The van der Waals surface area contributed by atoms with Gasteiger partial charge in [-0.1, -0.05) is 12.1 Å². The quantitative estimate of drug-likeness (QED) is 0.462. The van der Waals surface area contributed by atoms with Crippen molar-refractivity contribution in [2.75, 3.05) is 5.32 Å². The number of nitrogens with zero attached hydrogens (tertiary/aromatic N) is 1. The molecule has 0 fully saturated rings. The Morgan fingerprint density at radius 1 is 1.29 bits per heavy atom. The first-order valence-electron chi connectivity index (χ1n) is 5.63. The predicted octanol–water partition coefficient (Wildman–Crippen LogP) is 3.78. The molecule has 0 saturated heterocycles. The Bertz CT molecular complexity index is 736. The largest absolute Gasteiger partial charge is 0.477 e. The van der Waals surface area contributed by atoms with Gasteiger partial charge in [-0.3, -0.25) is 10.1 Å². The van der Waals surface area contributed by atoms with E-state index >= 15 is 0 Å². The number of carboxylic acids is 1. The second kappa shape index (κ2) is 6.04. The third kappa shape index (κ3) is 3.27. The molecule has 2 rings (SSSR count). The number of para-hydroxylation sites is 1. The average molecular weight is 402 g/mol. The molecular formula is C13H8FIN2O4. The SMILES string of the molecule is O=C(O)c1cc(Nc2ccccc2I)c(F)cc1[N+](=O)[O-]. The van der Waals surface area contributed by atoms with Gasteiger partial charge in [-0.2, -0.15) is 0 Å². The van der Waals surface area contributed by atoms with Crippen molar-refractivity contribution in [3.63, 3.8) is 0 Å². The Morgan fingerprint density at radius 3 is 2.52 bits per heavy atom. The van der Waals surface area contributed by atoms with E-state index in [9.17, 15) is 19.3 Å². The van der Waals surface area contributed by atoms with Gasteiger partial charge in [0.2, 0.25) is 0 Å². The lowest BCUT2D eigenvalue weighted by Gasteiger charge is -2.10. The zero-order chi connectivity index (χ0) is 15.6. The molecular weight excluding hydrogens is 394 g/mol. The molecule has 0 aromatic heterocycles. The Balaban J connectivity index is 2.50. The lowest BCUT2D eigenvalue weighted by Crippen LogP contribution is -2.06. The highest BCUT2D eigenvalue weighted by Gasteiger charge is 2.23. The first-order chi connectivity index (χ1) is 9.90. The van der Waals surface area contributed by atoms with Crippen LogP contribution in [0.4, 0.5) is 21.5 Å². The van der Waals surface area contributed by atoms with Crippen molar-refractivity contribution < 1.29 is 19.2 Å². The fraction of sp³-hybridized carbons (Fsp3) is 0. The minimum absolute atomic E-state index is 0.137. The molecule has 0 bridgehead atoms. The summed E-state index contributed by atoms with van der Waals surface area (Å²) in [4.78, 5) is 20.9. The van der Waals surface area contributed by atoms with E-state index in [1.807, 2.05) is 22.6 Å². The van der Waals surface area contributed by atoms with Crippen molar-refractivity contribution in [1.82, 2.24) is 0 Å². The zero-order valence-electron chi connectivity index (χ0n) is 10.3. The average Bonchev–Trinajstić information content (AvgIpc) is 2.42. The molecule has 0 amide bonds. The maximum Gasteiger partial charge on any atom is 0.342 e. The van der Waals surface area contributed by atoms with Crippen LogP contribution in [0.3, 0.4) is 0 Å². The Hall–Kier alpha value is -2.23. The number of carboxylic acid groups (broad SMARTS) is 1. The van der Waals surface area contributed by atoms with Gasteiger partial charge in [0.1, 0.15) is 5.56 Å². The number of benzene rings is 2. The summed E-state index contributed by atoms with van der Waals surface area (Å²) < 4.78 is 14.7. The summed E-state index contributed by atoms with van der Waals surface area (Å²) in [5.74, 6) is -2.39. The zero-order valence-corrected chi connectivity index (χ0v) is 12.5. The molecule has 6 nitrogen and oxygen atoms in total. The van der Waals surface area contributed by atoms with Crippen molar-refractivity contribution in [3.05, 3.63) is 61.5 Å². The summed E-state index contributed by atoms with van der Waals surface area (Å²) in [6.07, 6.45) is 0. The van der Waals surface area contributed by atoms with E-state index in [2.05, 4.69) is 5.32 Å². The minimum Gasteiger partial charge on any atom is -0.477 e. The second-order valence-electron chi connectivity index (χ2n) is 4.02. The molecule has 0 spiro atoms. The molecule has 0 unspecified atom stereocenters. The van der Waals surface area contributed by atoms with Crippen molar-refractivity contribution in [1.29, 1.82) is 0 Å². The van der Waals surface area contributed by atoms with Crippen molar-refractivity contribution >= 4 is 45.6 Å². The van der Waals surface area contributed by atoms with E-state index < -0.39 is 28.0 Å². The van der Waals surface area contributed by atoms with E-state index in [0.717, 1.165) is 9.64 Å². The molecule has 0 atom stereocenters. The highest BCUT2D eigenvalue weighted by atomic mass is 127.